The van der Waals surface area contributed by atoms with Crippen LogP contribution in [0.2, 0.25) is 0 Å². The summed E-state index contributed by atoms with van der Waals surface area (Å²) < 4.78 is 0. The molecular weight excluding hydrogens is 168 g/mol. The van der Waals surface area contributed by atoms with Gasteiger partial charge in [-0.15, -0.1) is 0 Å². The van der Waals surface area contributed by atoms with Crippen molar-refractivity contribution in [1.82, 2.24) is 0 Å². The molecule has 3 saturated carbocycles. The van der Waals surface area contributed by atoms with Crippen LogP contribution in [0.1, 0.15) is 19.3 Å². The molecule has 7 atom stereocenters. The lowest BCUT2D eigenvalue weighted by atomic mass is 9.91. The predicted octanol–water partition coefficient (Wildman–Crippen LogP) is -0.255. The maximum atomic E-state index is 9.74. The first-order valence-electron chi connectivity index (χ1n) is 5.22. The molecule has 0 aromatic carbocycles. The fraction of sp³-hybridized carbons (Fsp3) is 1.00. The molecule has 3 heteroatoms. The molecule has 3 rings (SSSR count). The van der Waals surface area contributed by atoms with E-state index in [2.05, 4.69) is 0 Å². The van der Waals surface area contributed by atoms with E-state index in [1.54, 1.807) is 0 Å². The quantitative estimate of drug-likeness (QED) is 0.486. The minimum absolute atomic E-state index is 0.0622. The Kier molecular flexibility index (Phi) is 1.56. The second kappa shape index (κ2) is 2.47. The van der Waals surface area contributed by atoms with Crippen LogP contribution < -0.4 is 0 Å². The zero-order valence-corrected chi connectivity index (χ0v) is 7.50. The molecule has 0 spiro atoms. The lowest BCUT2D eigenvalue weighted by molar-refractivity contribution is 0.0401. The fourth-order valence-electron chi connectivity index (χ4n) is 4.09. The van der Waals surface area contributed by atoms with Crippen LogP contribution in [0.25, 0.3) is 0 Å². The first-order valence-corrected chi connectivity index (χ1v) is 5.22. The van der Waals surface area contributed by atoms with Gasteiger partial charge in [0.2, 0.25) is 0 Å². The largest absolute Gasteiger partial charge is 0.393 e. The predicted molar refractivity (Wildman–Crippen MR) is 45.8 cm³/mol. The third kappa shape index (κ3) is 0.901. The summed E-state index contributed by atoms with van der Waals surface area (Å²) in [4.78, 5) is 0. The second-order valence-corrected chi connectivity index (χ2v) is 4.99. The van der Waals surface area contributed by atoms with Crippen LogP contribution in [0.15, 0.2) is 0 Å². The Balaban J connectivity index is 1.94. The molecule has 3 aliphatic carbocycles. The summed E-state index contributed by atoms with van der Waals surface area (Å²) >= 11 is 0. The van der Waals surface area contributed by atoms with Crippen LogP contribution in [-0.2, 0) is 0 Å². The van der Waals surface area contributed by atoms with Crippen LogP contribution in [0.4, 0.5) is 0 Å². The van der Waals surface area contributed by atoms with E-state index in [0.29, 0.717) is 18.3 Å². The first kappa shape index (κ1) is 8.21. The smallest absolute Gasteiger partial charge is 0.0599 e. The van der Waals surface area contributed by atoms with E-state index in [9.17, 15) is 15.3 Å². The second-order valence-electron chi connectivity index (χ2n) is 4.99. The van der Waals surface area contributed by atoms with Crippen molar-refractivity contribution in [2.45, 2.75) is 37.6 Å². The van der Waals surface area contributed by atoms with Crippen LogP contribution in [0.5, 0.6) is 0 Å². The number of aliphatic hydroxyl groups is 3. The topological polar surface area (TPSA) is 60.7 Å². The number of aliphatic hydroxyl groups excluding tert-OH is 3. The zero-order chi connectivity index (χ0) is 9.16. The van der Waals surface area contributed by atoms with Crippen LogP contribution in [0.3, 0.4) is 0 Å². The maximum Gasteiger partial charge on any atom is 0.0599 e. The van der Waals surface area contributed by atoms with Crippen molar-refractivity contribution in [3.8, 4) is 0 Å². The summed E-state index contributed by atoms with van der Waals surface area (Å²) in [5, 5.41) is 29.2. The van der Waals surface area contributed by atoms with Crippen molar-refractivity contribution in [3.05, 3.63) is 0 Å². The minimum atomic E-state index is -0.370. The molecule has 0 aromatic heterocycles. The highest BCUT2D eigenvalue weighted by atomic mass is 16.3. The van der Waals surface area contributed by atoms with E-state index in [1.807, 2.05) is 0 Å². The van der Waals surface area contributed by atoms with Crippen LogP contribution in [-0.4, -0.2) is 33.6 Å². The van der Waals surface area contributed by atoms with E-state index in [1.165, 1.54) is 0 Å². The van der Waals surface area contributed by atoms with Gasteiger partial charge in [-0.25, -0.2) is 0 Å². The van der Waals surface area contributed by atoms with Gasteiger partial charge in [0.25, 0.3) is 0 Å². The summed E-state index contributed by atoms with van der Waals surface area (Å²) in [6, 6.07) is 0. The standard InChI is InChI=1S/C10H16O3/c11-6-1-4-2-7(12)10-8(13)3-5(6)9(4)10/h4-13H,1-3H2/t4-,5?,6?,7?,8?,9+,10?/m0/s1. The maximum absolute atomic E-state index is 9.74. The fourth-order valence-corrected chi connectivity index (χ4v) is 4.09. The third-order valence-electron chi connectivity index (χ3n) is 4.47. The van der Waals surface area contributed by atoms with Gasteiger partial charge < -0.3 is 15.3 Å². The highest BCUT2D eigenvalue weighted by molar-refractivity contribution is 5.09. The van der Waals surface area contributed by atoms with E-state index >= 15 is 0 Å². The molecule has 3 aliphatic rings. The van der Waals surface area contributed by atoms with Gasteiger partial charge in [-0.1, -0.05) is 0 Å². The van der Waals surface area contributed by atoms with Crippen molar-refractivity contribution in [1.29, 1.82) is 0 Å². The zero-order valence-electron chi connectivity index (χ0n) is 7.50. The molecule has 0 amide bonds. The van der Waals surface area contributed by atoms with Gasteiger partial charge in [0.15, 0.2) is 0 Å². The summed E-state index contributed by atoms with van der Waals surface area (Å²) in [6.07, 6.45) is 1.43. The van der Waals surface area contributed by atoms with Crippen molar-refractivity contribution >= 4 is 0 Å². The Morgan fingerprint density at radius 1 is 0.692 bits per heavy atom. The molecule has 74 valence electrons. The molecule has 0 saturated heterocycles. The number of rotatable bonds is 0. The highest BCUT2D eigenvalue weighted by Gasteiger charge is 2.59. The molecule has 3 nitrogen and oxygen atoms in total. The Hall–Kier alpha value is -0.120. The third-order valence-corrected chi connectivity index (χ3v) is 4.47. The van der Waals surface area contributed by atoms with Gasteiger partial charge >= 0.3 is 0 Å². The Morgan fingerprint density at radius 2 is 1.31 bits per heavy atom. The van der Waals surface area contributed by atoms with E-state index in [0.717, 1.165) is 12.8 Å². The minimum Gasteiger partial charge on any atom is -0.393 e. The first-order chi connectivity index (χ1) is 6.18. The summed E-state index contributed by atoms with van der Waals surface area (Å²) in [5.74, 6) is 1.20. The summed E-state index contributed by atoms with van der Waals surface area (Å²) in [6.45, 7) is 0. The Morgan fingerprint density at radius 3 is 2.08 bits per heavy atom. The van der Waals surface area contributed by atoms with Crippen molar-refractivity contribution in [2.24, 2.45) is 23.7 Å². The molecular formula is C10H16O3. The molecule has 0 aromatic rings. The SMILES string of the molecule is OC1C[C@H]2CC(O)C3C(O)CC1[C@H]32. The molecule has 3 N–H and O–H groups in total. The number of hydrogen-bond donors (Lipinski definition) is 3. The average Bonchev–Trinajstić information content (AvgIpc) is 2.60. The van der Waals surface area contributed by atoms with Gasteiger partial charge in [0, 0.05) is 5.92 Å². The summed E-state index contributed by atoms with van der Waals surface area (Å²) in [5.41, 5.74) is 0. The van der Waals surface area contributed by atoms with Crippen LogP contribution in [0, 0.1) is 23.7 Å². The Bertz CT molecular complexity index is 230. The molecule has 5 unspecified atom stereocenters. The molecule has 3 fully saturated rings. The van der Waals surface area contributed by atoms with Gasteiger partial charge in [-0.2, -0.15) is 0 Å². The Labute approximate surface area is 77.4 Å². The normalized spacial score (nSPS) is 64.4. The van der Waals surface area contributed by atoms with Crippen molar-refractivity contribution < 1.29 is 15.3 Å². The lowest BCUT2D eigenvalue weighted by Crippen LogP contribution is -2.25. The number of hydrogen-bond acceptors (Lipinski definition) is 3. The average molecular weight is 184 g/mol. The molecule has 0 aliphatic heterocycles. The van der Waals surface area contributed by atoms with Gasteiger partial charge in [0.1, 0.15) is 0 Å². The summed E-state index contributed by atoms with van der Waals surface area (Å²) in [7, 11) is 0. The van der Waals surface area contributed by atoms with Gasteiger partial charge in [-0.05, 0) is 37.0 Å². The van der Waals surface area contributed by atoms with E-state index in [-0.39, 0.29) is 30.1 Å². The van der Waals surface area contributed by atoms with E-state index < -0.39 is 0 Å². The molecule has 0 heterocycles. The van der Waals surface area contributed by atoms with Gasteiger partial charge in [0.05, 0.1) is 18.3 Å². The molecule has 13 heavy (non-hydrogen) atoms. The molecule has 0 radical (unpaired) electrons. The van der Waals surface area contributed by atoms with Crippen molar-refractivity contribution in [3.63, 3.8) is 0 Å². The highest BCUT2D eigenvalue weighted by Crippen LogP contribution is 2.58. The monoisotopic (exact) mass is 184 g/mol. The van der Waals surface area contributed by atoms with Crippen LogP contribution >= 0.6 is 0 Å². The van der Waals surface area contributed by atoms with E-state index in [4.69, 9.17) is 0 Å². The van der Waals surface area contributed by atoms with Crippen molar-refractivity contribution in [2.75, 3.05) is 0 Å². The molecule has 0 bridgehead atoms. The lowest BCUT2D eigenvalue weighted by Gasteiger charge is -2.17. The van der Waals surface area contributed by atoms with Gasteiger partial charge in [-0.3, -0.25) is 0 Å².